The zero-order valence-electron chi connectivity index (χ0n) is 15.1. The van der Waals surface area contributed by atoms with E-state index < -0.39 is 23.7 Å². The van der Waals surface area contributed by atoms with Gasteiger partial charge in [0.05, 0.1) is 11.6 Å². The van der Waals surface area contributed by atoms with Crippen LogP contribution in [0.25, 0.3) is 0 Å². The number of aryl methyl sites for hydroxylation is 1. The van der Waals surface area contributed by atoms with Crippen LogP contribution >= 0.6 is 0 Å². The molecule has 2 amide bonds. The number of anilines is 1. The van der Waals surface area contributed by atoms with Crippen LogP contribution in [0.3, 0.4) is 0 Å². The van der Waals surface area contributed by atoms with Crippen molar-refractivity contribution in [1.82, 2.24) is 5.32 Å². The molecule has 28 heavy (non-hydrogen) atoms. The molecule has 8 heteroatoms. The van der Waals surface area contributed by atoms with Crippen LogP contribution in [0.5, 0.6) is 5.75 Å². The summed E-state index contributed by atoms with van der Waals surface area (Å²) < 4.78 is 43.9. The molecule has 2 aromatic carbocycles. The van der Waals surface area contributed by atoms with Gasteiger partial charge in [0, 0.05) is 12.1 Å². The Morgan fingerprint density at radius 1 is 1.21 bits per heavy atom. The van der Waals surface area contributed by atoms with Crippen LogP contribution in [-0.2, 0) is 22.2 Å². The molecule has 0 saturated carbocycles. The Bertz CT molecular complexity index is 897. The van der Waals surface area contributed by atoms with Crippen molar-refractivity contribution in [2.45, 2.75) is 32.0 Å². The van der Waals surface area contributed by atoms with Crippen LogP contribution in [0.4, 0.5) is 18.9 Å². The van der Waals surface area contributed by atoms with E-state index in [0.29, 0.717) is 24.2 Å². The summed E-state index contributed by atoms with van der Waals surface area (Å²) in [5.41, 5.74) is 1.25. The first kappa shape index (κ1) is 19.7. The lowest BCUT2D eigenvalue weighted by Crippen LogP contribution is -2.31. The predicted molar refractivity (Wildman–Crippen MR) is 96.9 cm³/mol. The highest BCUT2D eigenvalue weighted by Gasteiger charge is 2.30. The first-order valence-electron chi connectivity index (χ1n) is 8.74. The van der Waals surface area contributed by atoms with Gasteiger partial charge in [0.15, 0.2) is 6.61 Å². The van der Waals surface area contributed by atoms with E-state index in [9.17, 15) is 22.8 Å². The smallest absolute Gasteiger partial charge is 0.416 e. The van der Waals surface area contributed by atoms with Crippen molar-refractivity contribution in [3.8, 4) is 5.75 Å². The van der Waals surface area contributed by atoms with Crippen molar-refractivity contribution < 1.29 is 27.5 Å². The van der Waals surface area contributed by atoms with Crippen molar-refractivity contribution in [1.29, 1.82) is 0 Å². The van der Waals surface area contributed by atoms with Gasteiger partial charge in [0.25, 0.3) is 5.91 Å². The van der Waals surface area contributed by atoms with E-state index in [2.05, 4.69) is 10.6 Å². The monoisotopic (exact) mass is 392 g/mol. The number of carbonyl (C=O) groups excluding carboxylic acids is 2. The molecule has 0 bridgehead atoms. The molecular formula is C20H19F3N2O3. The summed E-state index contributed by atoms with van der Waals surface area (Å²) >= 11 is 0. The Morgan fingerprint density at radius 3 is 2.75 bits per heavy atom. The van der Waals surface area contributed by atoms with Crippen LogP contribution in [0.15, 0.2) is 42.5 Å². The fourth-order valence-corrected chi connectivity index (χ4v) is 2.95. The molecule has 1 aliphatic heterocycles. The molecular weight excluding hydrogens is 373 g/mol. The molecule has 2 N–H and O–H groups in total. The normalized spacial score (nSPS) is 14.6. The standard InChI is InChI=1S/C20H19F3N2O3/c1-12(13-3-2-4-15(9-13)20(21,22)23)24-19(27)11-28-16-6-7-17-14(10-16)5-8-18(26)25-17/h2-4,6-7,9-10,12H,5,8,11H2,1H3,(H,24,27)(H,25,26). The van der Waals surface area contributed by atoms with Crippen molar-refractivity contribution >= 4 is 17.5 Å². The Hall–Kier alpha value is -3.03. The summed E-state index contributed by atoms with van der Waals surface area (Å²) in [7, 11) is 0. The zero-order chi connectivity index (χ0) is 20.3. The first-order chi connectivity index (χ1) is 13.2. The van der Waals surface area contributed by atoms with Gasteiger partial charge >= 0.3 is 6.18 Å². The molecule has 0 aromatic heterocycles. The minimum absolute atomic E-state index is 0.0378. The molecule has 1 aliphatic rings. The Labute approximate surface area is 159 Å². The van der Waals surface area contributed by atoms with Gasteiger partial charge in [0.2, 0.25) is 5.91 Å². The number of hydrogen-bond acceptors (Lipinski definition) is 3. The summed E-state index contributed by atoms with van der Waals surface area (Å²) in [6.07, 6.45) is -3.45. The number of ether oxygens (including phenoxy) is 1. The number of nitrogens with one attached hydrogen (secondary N) is 2. The summed E-state index contributed by atoms with van der Waals surface area (Å²) in [6, 6.07) is 9.36. The SMILES string of the molecule is CC(NC(=O)COc1ccc2c(c1)CCC(=O)N2)c1cccc(C(F)(F)F)c1. The minimum Gasteiger partial charge on any atom is -0.484 e. The first-order valence-corrected chi connectivity index (χ1v) is 8.74. The van der Waals surface area contributed by atoms with E-state index in [1.807, 2.05) is 0 Å². The highest BCUT2D eigenvalue weighted by Crippen LogP contribution is 2.31. The quantitative estimate of drug-likeness (QED) is 0.812. The van der Waals surface area contributed by atoms with Gasteiger partial charge in [-0.25, -0.2) is 0 Å². The molecule has 2 aromatic rings. The fraction of sp³-hybridized carbons (Fsp3) is 0.300. The van der Waals surface area contributed by atoms with Gasteiger partial charge in [-0.05, 0) is 54.8 Å². The van der Waals surface area contributed by atoms with E-state index in [4.69, 9.17) is 4.74 Å². The second-order valence-corrected chi connectivity index (χ2v) is 6.57. The lowest BCUT2D eigenvalue weighted by Gasteiger charge is -2.18. The number of amides is 2. The summed E-state index contributed by atoms with van der Waals surface area (Å²) in [4.78, 5) is 23.5. The number of hydrogen-bond donors (Lipinski definition) is 2. The molecule has 0 aliphatic carbocycles. The second kappa shape index (κ2) is 7.92. The molecule has 5 nitrogen and oxygen atoms in total. The number of carbonyl (C=O) groups is 2. The van der Waals surface area contributed by atoms with Gasteiger partial charge in [-0.3, -0.25) is 9.59 Å². The van der Waals surface area contributed by atoms with Crippen molar-refractivity contribution in [3.05, 3.63) is 59.2 Å². The topological polar surface area (TPSA) is 67.4 Å². The molecule has 1 heterocycles. The lowest BCUT2D eigenvalue weighted by atomic mass is 10.0. The van der Waals surface area contributed by atoms with Gasteiger partial charge in [-0.15, -0.1) is 0 Å². The second-order valence-electron chi connectivity index (χ2n) is 6.57. The van der Waals surface area contributed by atoms with Crippen molar-refractivity contribution in [2.75, 3.05) is 11.9 Å². The molecule has 3 rings (SSSR count). The van der Waals surface area contributed by atoms with Crippen molar-refractivity contribution in [3.63, 3.8) is 0 Å². The highest BCUT2D eigenvalue weighted by molar-refractivity contribution is 5.94. The maximum atomic E-state index is 12.8. The number of benzene rings is 2. The van der Waals surface area contributed by atoms with Crippen LogP contribution in [-0.4, -0.2) is 18.4 Å². The van der Waals surface area contributed by atoms with E-state index >= 15 is 0 Å². The molecule has 0 saturated heterocycles. The third kappa shape index (κ3) is 4.82. The third-order valence-corrected chi connectivity index (χ3v) is 4.43. The van der Waals surface area contributed by atoms with Crippen LogP contribution in [0.1, 0.15) is 36.1 Å². The van der Waals surface area contributed by atoms with Crippen LogP contribution < -0.4 is 15.4 Å². The Kier molecular flexibility index (Phi) is 5.58. The number of fused-ring (bicyclic) bond motifs is 1. The average Bonchev–Trinajstić information content (AvgIpc) is 2.65. The third-order valence-electron chi connectivity index (χ3n) is 4.43. The molecule has 1 unspecified atom stereocenters. The lowest BCUT2D eigenvalue weighted by molar-refractivity contribution is -0.137. The van der Waals surface area contributed by atoms with Gasteiger partial charge in [0.1, 0.15) is 5.75 Å². The van der Waals surface area contributed by atoms with Gasteiger partial charge < -0.3 is 15.4 Å². The predicted octanol–water partition coefficient (Wildman–Crippen LogP) is 3.85. The van der Waals surface area contributed by atoms with E-state index in [0.717, 1.165) is 23.4 Å². The Balaban J connectivity index is 1.57. The summed E-state index contributed by atoms with van der Waals surface area (Å²) in [6.45, 7) is 1.34. The van der Waals surface area contributed by atoms with Gasteiger partial charge in [-0.1, -0.05) is 12.1 Å². The maximum Gasteiger partial charge on any atom is 0.416 e. The number of alkyl halides is 3. The van der Waals surface area contributed by atoms with E-state index in [-0.39, 0.29) is 12.5 Å². The molecule has 0 spiro atoms. The summed E-state index contributed by atoms with van der Waals surface area (Å²) in [5, 5.41) is 5.38. The number of rotatable bonds is 5. The molecule has 148 valence electrons. The van der Waals surface area contributed by atoms with Gasteiger partial charge in [-0.2, -0.15) is 13.2 Å². The van der Waals surface area contributed by atoms with Crippen LogP contribution in [0, 0.1) is 0 Å². The average molecular weight is 392 g/mol. The van der Waals surface area contributed by atoms with Crippen molar-refractivity contribution in [2.24, 2.45) is 0 Å². The maximum absolute atomic E-state index is 12.8. The summed E-state index contributed by atoms with van der Waals surface area (Å²) in [5.74, 6) is -0.00293. The fourth-order valence-electron chi connectivity index (χ4n) is 2.95. The van der Waals surface area contributed by atoms with Crippen LogP contribution in [0.2, 0.25) is 0 Å². The molecule has 0 radical (unpaired) electrons. The van der Waals surface area contributed by atoms with E-state index in [1.54, 1.807) is 25.1 Å². The number of halogens is 3. The largest absolute Gasteiger partial charge is 0.484 e. The van der Waals surface area contributed by atoms with E-state index in [1.165, 1.54) is 12.1 Å². The minimum atomic E-state index is -4.44. The molecule has 1 atom stereocenters. The zero-order valence-corrected chi connectivity index (χ0v) is 15.1. The molecule has 0 fully saturated rings. The Morgan fingerprint density at radius 2 is 2.00 bits per heavy atom. The highest BCUT2D eigenvalue weighted by atomic mass is 19.4.